The van der Waals surface area contributed by atoms with Crippen LogP contribution in [0.5, 0.6) is 0 Å². The summed E-state index contributed by atoms with van der Waals surface area (Å²) in [4.78, 5) is 14.4. The Kier molecular flexibility index (Phi) is 2.22. The molecule has 0 aliphatic heterocycles. The standard InChI is InChI=1S/C6H10N4O/c7-3-6-9-1-2-10(6)4-5(8)11/h1-2H,3-4,7H2,(H2,8,11). The highest BCUT2D eigenvalue weighted by molar-refractivity contribution is 5.73. The molecule has 1 amide bonds. The van der Waals surface area contributed by atoms with E-state index in [0.29, 0.717) is 12.4 Å². The largest absolute Gasteiger partial charge is 0.368 e. The van der Waals surface area contributed by atoms with Crippen molar-refractivity contribution in [1.82, 2.24) is 9.55 Å². The Bertz CT molecular complexity index is 255. The van der Waals surface area contributed by atoms with E-state index in [2.05, 4.69) is 4.98 Å². The van der Waals surface area contributed by atoms with Gasteiger partial charge in [0, 0.05) is 12.4 Å². The van der Waals surface area contributed by atoms with E-state index in [0.717, 1.165) is 0 Å². The molecule has 0 saturated heterocycles. The highest BCUT2D eigenvalue weighted by atomic mass is 16.1. The number of carbonyl (C=O) groups excluding carboxylic acids is 1. The quantitative estimate of drug-likeness (QED) is 0.575. The Morgan fingerprint density at radius 2 is 2.45 bits per heavy atom. The summed E-state index contributed by atoms with van der Waals surface area (Å²) in [6.45, 7) is 0.465. The molecule has 0 fully saturated rings. The molecule has 60 valence electrons. The maximum absolute atomic E-state index is 10.5. The average Bonchev–Trinajstić information content (AvgIpc) is 2.34. The van der Waals surface area contributed by atoms with E-state index in [1.807, 2.05) is 0 Å². The van der Waals surface area contributed by atoms with Crippen LogP contribution in [0, 0.1) is 0 Å². The van der Waals surface area contributed by atoms with Gasteiger partial charge >= 0.3 is 0 Å². The van der Waals surface area contributed by atoms with E-state index >= 15 is 0 Å². The van der Waals surface area contributed by atoms with Crippen LogP contribution in [0.15, 0.2) is 12.4 Å². The van der Waals surface area contributed by atoms with Gasteiger partial charge in [-0.05, 0) is 0 Å². The number of nitrogens with two attached hydrogens (primary N) is 2. The van der Waals surface area contributed by atoms with Gasteiger partial charge in [-0.3, -0.25) is 4.79 Å². The summed E-state index contributed by atoms with van der Waals surface area (Å²) in [5.41, 5.74) is 10.3. The summed E-state index contributed by atoms with van der Waals surface area (Å²) in [5, 5.41) is 0. The monoisotopic (exact) mass is 154 g/mol. The summed E-state index contributed by atoms with van der Waals surface area (Å²) in [5.74, 6) is 0.279. The SMILES string of the molecule is NCc1nccn1CC(N)=O. The first-order chi connectivity index (χ1) is 5.24. The van der Waals surface area contributed by atoms with E-state index in [1.165, 1.54) is 0 Å². The van der Waals surface area contributed by atoms with Crippen molar-refractivity contribution in [2.45, 2.75) is 13.1 Å². The lowest BCUT2D eigenvalue weighted by Gasteiger charge is -2.01. The maximum Gasteiger partial charge on any atom is 0.237 e. The van der Waals surface area contributed by atoms with Gasteiger partial charge in [0.1, 0.15) is 12.4 Å². The molecular weight excluding hydrogens is 144 g/mol. The number of hydrogen-bond acceptors (Lipinski definition) is 3. The molecular formula is C6H10N4O. The van der Waals surface area contributed by atoms with Gasteiger partial charge in [0.25, 0.3) is 0 Å². The molecule has 0 unspecified atom stereocenters. The highest BCUT2D eigenvalue weighted by Gasteiger charge is 2.01. The average molecular weight is 154 g/mol. The predicted molar refractivity (Wildman–Crippen MR) is 39.3 cm³/mol. The number of imidazole rings is 1. The van der Waals surface area contributed by atoms with Gasteiger partial charge in [0.05, 0.1) is 6.54 Å². The lowest BCUT2D eigenvalue weighted by molar-refractivity contribution is -0.118. The summed E-state index contributed by atoms with van der Waals surface area (Å²) in [6.07, 6.45) is 3.26. The number of rotatable bonds is 3. The Morgan fingerprint density at radius 3 is 3.00 bits per heavy atom. The Hall–Kier alpha value is -1.36. The third kappa shape index (κ3) is 1.78. The van der Waals surface area contributed by atoms with Crippen LogP contribution in [0.3, 0.4) is 0 Å². The second kappa shape index (κ2) is 3.16. The second-order valence-corrected chi connectivity index (χ2v) is 2.14. The Balaban J connectivity index is 2.76. The van der Waals surface area contributed by atoms with Crippen LogP contribution in [0.1, 0.15) is 5.82 Å². The molecule has 0 aromatic carbocycles. The third-order valence-electron chi connectivity index (χ3n) is 1.31. The smallest absolute Gasteiger partial charge is 0.237 e. The summed E-state index contributed by atoms with van der Waals surface area (Å²) in [7, 11) is 0. The number of aromatic nitrogens is 2. The summed E-state index contributed by atoms with van der Waals surface area (Å²) < 4.78 is 1.63. The van der Waals surface area contributed by atoms with Crippen LogP contribution in [-0.2, 0) is 17.9 Å². The third-order valence-corrected chi connectivity index (χ3v) is 1.31. The number of carbonyl (C=O) groups is 1. The topological polar surface area (TPSA) is 86.9 Å². The van der Waals surface area contributed by atoms with Gasteiger partial charge < -0.3 is 16.0 Å². The van der Waals surface area contributed by atoms with Gasteiger partial charge in [-0.25, -0.2) is 4.98 Å². The number of hydrogen-bond donors (Lipinski definition) is 2. The van der Waals surface area contributed by atoms with Gasteiger partial charge in [-0.1, -0.05) is 0 Å². The van der Waals surface area contributed by atoms with Crippen molar-refractivity contribution < 1.29 is 4.79 Å². The molecule has 1 rings (SSSR count). The fraction of sp³-hybridized carbons (Fsp3) is 0.333. The van der Waals surface area contributed by atoms with Gasteiger partial charge in [-0.15, -0.1) is 0 Å². The molecule has 1 aromatic rings. The van der Waals surface area contributed by atoms with Crippen LogP contribution < -0.4 is 11.5 Å². The first-order valence-corrected chi connectivity index (χ1v) is 3.22. The molecule has 1 aromatic heterocycles. The number of primary amides is 1. The van der Waals surface area contributed by atoms with Crippen LogP contribution >= 0.6 is 0 Å². The molecule has 4 N–H and O–H groups in total. The predicted octanol–water partition coefficient (Wildman–Crippen LogP) is -1.17. The van der Waals surface area contributed by atoms with Crippen LogP contribution in [0.2, 0.25) is 0 Å². The van der Waals surface area contributed by atoms with Crippen molar-refractivity contribution in [3.05, 3.63) is 18.2 Å². The second-order valence-electron chi connectivity index (χ2n) is 2.14. The molecule has 0 radical (unpaired) electrons. The van der Waals surface area contributed by atoms with E-state index in [1.54, 1.807) is 17.0 Å². The molecule has 0 spiro atoms. The first kappa shape index (κ1) is 7.74. The van der Waals surface area contributed by atoms with E-state index in [-0.39, 0.29) is 6.54 Å². The van der Waals surface area contributed by atoms with E-state index in [9.17, 15) is 4.79 Å². The van der Waals surface area contributed by atoms with Crippen molar-refractivity contribution in [3.8, 4) is 0 Å². The fourth-order valence-corrected chi connectivity index (χ4v) is 0.842. The summed E-state index contributed by atoms with van der Waals surface area (Å²) >= 11 is 0. The lowest BCUT2D eigenvalue weighted by atomic mass is 10.5. The molecule has 11 heavy (non-hydrogen) atoms. The molecule has 0 bridgehead atoms. The van der Waals surface area contributed by atoms with Gasteiger partial charge in [0.15, 0.2) is 0 Å². The first-order valence-electron chi connectivity index (χ1n) is 3.22. The van der Waals surface area contributed by atoms with Crippen molar-refractivity contribution >= 4 is 5.91 Å². The molecule has 0 aliphatic carbocycles. The minimum Gasteiger partial charge on any atom is -0.368 e. The molecule has 5 nitrogen and oxygen atoms in total. The van der Waals surface area contributed by atoms with E-state index < -0.39 is 5.91 Å². The molecule has 1 heterocycles. The van der Waals surface area contributed by atoms with Gasteiger partial charge in [0.2, 0.25) is 5.91 Å². The molecule has 5 heteroatoms. The van der Waals surface area contributed by atoms with Crippen LogP contribution in [-0.4, -0.2) is 15.5 Å². The lowest BCUT2D eigenvalue weighted by Crippen LogP contribution is -2.20. The zero-order valence-corrected chi connectivity index (χ0v) is 6.03. The molecule has 0 saturated carbocycles. The number of amides is 1. The summed E-state index contributed by atoms with van der Waals surface area (Å²) in [6, 6.07) is 0. The fourth-order valence-electron chi connectivity index (χ4n) is 0.842. The minimum absolute atomic E-state index is 0.145. The van der Waals surface area contributed by atoms with Gasteiger partial charge in [-0.2, -0.15) is 0 Å². The highest BCUT2D eigenvalue weighted by Crippen LogP contribution is 1.94. The Morgan fingerprint density at radius 1 is 1.73 bits per heavy atom. The Labute approximate surface area is 64.0 Å². The minimum atomic E-state index is -0.391. The van der Waals surface area contributed by atoms with Crippen LogP contribution in [0.4, 0.5) is 0 Å². The van der Waals surface area contributed by atoms with Crippen LogP contribution in [0.25, 0.3) is 0 Å². The van der Waals surface area contributed by atoms with Crippen molar-refractivity contribution in [3.63, 3.8) is 0 Å². The zero-order chi connectivity index (χ0) is 8.27. The maximum atomic E-state index is 10.5. The molecule has 0 atom stereocenters. The van der Waals surface area contributed by atoms with Crippen molar-refractivity contribution in [2.75, 3.05) is 0 Å². The number of nitrogens with zero attached hydrogens (tertiary/aromatic N) is 2. The van der Waals surface area contributed by atoms with Crippen molar-refractivity contribution in [1.29, 1.82) is 0 Å². The van der Waals surface area contributed by atoms with Crippen molar-refractivity contribution in [2.24, 2.45) is 11.5 Å². The zero-order valence-electron chi connectivity index (χ0n) is 6.03. The molecule has 0 aliphatic rings. The normalized spacial score (nSPS) is 9.91. The van der Waals surface area contributed by atoms with E-state index in [4.69, 9.17) is 11.5 Å².